The van der Waals surface area contributed by atoms with Crippen LogP contribution in [0, 0.1) is 0 Å². The van der Waals surface area contributed by atoms with E-state index in [4.69, 9.17) is 0 Å². The molecule has 0 bridgehead atoms. The molecule has 8 nitrogen and oxygen atoms in total. The zero-order valence-corrected chi connectivity index (χ0v) is 17.1. The van der Waals surface area contributed by atoms with E-state index in [2.05, 4.69) is 61.7 Å². The average Bonchev–Trinajstić information content (AvgIpc) is 3.34. The van der Waals surface area contributed by atoms with Gasteiger partial charge >= 0.3 is 5.97 Å². The maximum Gasteiger partial charge on any atom is 0.335 e. The molecule has 0 aliphatic rings. The molecule has 0 saturated carbocycles. The first-order chi connectivity index (χ1) is 15.2. The molecular weight excluding hydrogens is 392 g/mol. The molecular formula is C23H22N6O2. The number of aromatic nitrogens is 5. The van der Waals surface area contributed by atoms with E-state index in [1.165, 1.54) is 6.07 Å². The summed E-state index contributed by atoms with van der Waals surface area (Å²) in [6, 6.07) is 19.3. The summed E-state index contributed by atoms with van der Waals surface area (Å²) in [5.41, 5.74) is 4.33. The number of rotatable bonds is 8. The summed E-state index contributed by atoms with van der Waals surface area (Å²) in [6.45, 7) is 3.50. The highest BCUT2D eigenvalue weighted by molar-refractivity contribution is 5.88. The second-order valence-corrected chi connectivity index (χ2v) is 7.11. The maximum atomic E-state index is 11.3. The lowest BCUT2D eigenvalue weighted by Gasteiger charge is -2.23. The number of hydrogen-bond acceptors (Lipinski definition) is 6. The second kappa shape index (κ2) is 9.17. The number of carbonyl (C=O) groups is 1. The fourth-order valence-electron chi connectivity index (χ4n) is 3.48. The minimum Gasteiger partial charge on any atom is -0.478 e. The van der Waals surface area contributed by atoms with Crippen molar-refractivity contribution < 1.29 is 9.90 Å². The number of nitrogens with zero attached hydrogens (tertiary/aromatic N) is 5. The monoisotopic (exact) mass is 414 g/mol. The van der Waals surface area contributed by atoms with E-state index in [0.717, 1.165) is 35.2 Å². The first-order valence-corrected chi connectivity index (χ1v) is 10.0. The van der Waals surface area contributed by atoms with Gasteiger partial charge in [-0.2, -0.15) is 5.21 Å². The average molecular weight is 414 g/mol. The van der Waals surface area contributed by atoms with Crippen LogP contribution in [0.3, 0.4) is 0 Å². The third kappa shape index (κ3) is 4.58. The van der Waals surface area contributed by atoms with Gasteiger partial charge in [-0.25, -0.2) is 9.78 Å². The van der Waals surface area contributed by atoms with E-state index in [0.29, 0.717) is 18.2 Å². The molecule has 8 heteroatoms. The predicted molar refractivity (Wildman–Crippen MR) is 118 cm³/mol. The van der Waals surface area contributed by atoms with Crippen LogP contribution in [0.25, 0.3) is 22.5 Å². The number of aromatic amines is 1. The molecule has 0 fully saturated rings. The summed E-state index contributed by atoms with van der Waals surface area (Å²) in [5, 5.41) is 23.6. The lowest BCUT2D eigenvalue weighted by atomic mass is 9.98. The lowest BCUT2D eigenvalue weighted by Crippen LogP contribution is -2.24. The summed E-state index contributed by atoms with van der Waals surface area (Å²) in [4.78, 5) is 17.8. The van der Waals surface area contributed by atoms with Crippen molar-refractivity contribution in [1.82, 2.24) is 25.6 Å². The molecule has 0 spiro atoms. The third-order valence-corrected chi connectivity index (χ3v) is 4.96. The van der Waals surface area contributed by atoms with Gasteiger partial charge in [-0.3, -0.25) is 0 Å². The highest BCUT2D eigenvalue weighted by Crippen LogP contribution is 2.30. The Balaban J connectivity index is 1.58. The van der Waals surface area contributed by atoms with E-state index < -0.39 is 5.97 Å². The van der Waals surface area contributed by atoms with Gasteiger partial charge in [0.15, 0.2) is 0 Å². The third-order valence-electron chi connectivity index (χ3n) is 4.96. The molecule has 0 saturated heterocycles. The van der Waals surface area contributed by atoms with Crippen molar-refractivity contribution in [3.63, 3.8) is 0 Å². The predicted octanol–water partition coefficient (Wildman–Crippen LogP) is 4.04. The van der Waals surface area contributed by atoms with Gasteiger partial charge in [0, 0.05) is 24.8 Å². The molecule has 4 rings (SSSR count). The zero-order chi connectivity index (χ0) is 21.6. The lowest BCUT2D eigenvalue weighted by molar-refractivity contribution is 0.0696. The van der Waals surface area contributed by atoms with E-state index in [1.54, 1.807) is 12.3 Å². The molecule has 31 heavy (non-hydrogen) atoms. The minimum atomic E-state index is -0.954. The maximum absolute atomic E-state index is 11.3. The van der Waals surface area contributed by atoms with Gasteiger partial charge in [0.1, 0.15) is 5.82 Å². The first-order valence-electron chi connectivity index (χ1n) is 10.0. The fourth-order valence-corrected chi connectivity index (χ4v) is 3.48. The van der Waals surface area contributed by atoms with Crippen LogP contribution in [0.4, 0.5) is 5.82 Å². The van der Waals surface area contributed by atoms with E-state index in [9.17, 15) is 9.90 Å². The standard InChI is InChI=1S/C23H22N6O2/c1-2-13-29(21-14-18(23(30)31)11-12-24-21)15-16-7-9-17(10-8-16)19-5-3-4-6-20(19)22-25-27-28-26-22/h3-12,14H,2,13,15H2,1H3,(H,30,31)(H,25,26,27,28). The van der Waals surface area contributed by atoms with Crippen LogP contribution in [0.15, 0.2) is 66.9 Å². The van der Waals surface area contributed by atoms with Gasteiger partial charge in [0.2, 0.25) is 5.82 Å². The van der Waals surface area contributed by atoms with Crippen molar-refractivity contribution in [2.45, 2.75) is 19.9 Å². The minimum absolute atomic E-state index is 0.236. The Hall–Kier alpha value is -4.07. The molecule has 0 unspecified atom stereocenters. The number of benzene rings is 2. The van der Waals surface area contributed by atoms with Crippen molar-refractivity contribution in [2.24, 2.45) is 0 Å². The SMILES string of the molecule is CCCN(Cc1ccc(-c2ccccc2-c2nn[nH]n2)cc1)c1cc(C(=O)O)ccn1. The Labute approximate surface area is 179 Å². The number of aromatic carboxylic acids is 1. The molecule has 0 aliphatic carbocycles. The Morgan fingerprint density at radius 1 is 1.06 bits per heavy atom. The van der Waals surface area contributed by atoms with Crippen LogP contribution >= 0.6 is 0 Å². The number of carboxylic acid groups (broad SMARTS) is 1. The quantitative estimate of drug-likeness (QED) is 0.448. The molecule has 2 aromatic carbocycles. The van der Waals surface area contributed by atoms with E-state index >= 15 is 0 Å². The van der Waals surface area contributed by atoms with Gasteiger partial charge in [-0.05, 0) is 40.5 Å². The van der Waals surface area contributed by atoms with Gasteiger partial charge in [-0.15, -0.1) is 10.2 Å². The Kier molecular flexibility index (Phi) is 5.98. The molecule has 2 aromatic heterocycles. The zero-order valence-electron chi connectivity index (χ0n) is 17.1. The van der Waals surface area contributed by atoms with Crippen molar-refractivity contribution in [3.8, 4) is 22.5 Å². The van der Waals surface area contributed by atoms with Crippen molar-refractivity contribution >= 4 is 11.8 Å². The number of anilines is 1. The van der Waals surface area contributed by atoms with Gasteiger partial charge in [-0.1, -0.05) is 55.5 Å². The largest absolute Gasteiger partial charge is 0.478 e. The molecule has 0 amide bonds. The van der Waals surface area contributed by atoms with Crippen LogP contribution in [0.2, 0.25) is 0 Å². The number of nitrogens with one attached hydrogen (secondary N) is 1. The van der Waals surface area contributed by atoms with Crippen LogP contribution in [-0.2, 0) is 6.54 Å². The first kappa shape index (κ1) is 20.2. The number of carboxylic acids is 1. The summed E-state index contributed by atoms with van der Waals surface area (Å²) >= 11 is 0. The van der Waals surface area contributed by atoms with Crippen LogP contribution in [-0.4, -0.2) is 43.2 Å². The number of H-pyrrole nitrogens is 1. The van der Waals surface area contributed by atoms with Gasteiger partial charge in [0.05, 0.1) is 5.56 Å². The smallest absolute Gasteiger partial charge is 0.335 e. The van der Waals surface area contributed by atoms with Crippen molar-refractivity contribution in [3.05, 3.63) is 78.0 Å². The van der Waals surface area contributed by atoms with Gasteiger partial charge in [0.25, 0.3) is 0 Å². The van der Waals surface area contributed by atoms with Crippen molar-refractivity contribution in [2.75, 3.05) is 11.4 Å². The number of tetrazole rings is 1. The topological polar surface area (TPSA) is 108 Å². The molecule has 2 N–H and O–H groups in total. The Morgan fingerprint density at radius 3 is 2.52 bits per heavy atom. The van der Waals surface area contributed by atoms with Crippen LogP contribution < -0.4 is 4.90 Å². The second-order valence-electron chi connectivity index (χ2n) is 7.11. The highest BCUT2D eigenvalue weighted by atomic mass is 16.4. The van der Waals surface area contributed by atoms with E-state index in [1.807, 2.05) is 24.3 Å². The van der Waals surface area contributed by atoms with E-state index in [-0.39, 0.29) is 5.56 Å². The molecule has 0 aliphatic heterocycles. The summed E-state index contributed by atoms with van der Waals surface area (Å²) in [6.07, 6.45) is 2.47. The number of pyridine rings is 1. The molecule has 156 valence electrons. The van der Waals surface area contributed by atoms with Crippen LogP contribution in [0.5, 0.6) is 0 Å². The van der Waals surface area contributed by atoms with Crippen LogP contribution in [0.1, 0.15) is 29.3 Å². The summed E-state index contributed by atoms with van der Waals surface area (Å²) in [7, 11) is 0. The normalized spacial score (nSPS) is 10.7. The molecule has 0 atom stereocenters. The Morgan fingerprint density at radius 2 is 1.84 bits per heavy atom. The molecule has 2 heterocycles. The molecule has 0 radical (unpaired) electrons. The fraction of sp³-hybridized carbons (Fsp3) is 0.174. The van der Waals surface area contributed by atoms with Gasteiger partial charge < -0.3 is 10.0 Å². The van der Waals surface area contributed by atoms with Crippen molar-refractivity contribution in [1.29, 1.82) is 0 Å². The summed E-state index contributed by atoms with van der Waals surface area (Å²) in [5.74, 6) is 0.260. The highest BCUT2D eigenvalue weighted by Gasteiger charge is 2.13. The Bertz CT molecular complexity index is 1160. The number of hydrogen-bond donors (Lipinski definition) is 2. The molecule has 4 aromatic rings. The summed E-state index contributed by atoms with van der Waals surface area (Å²) < 4.78 is 0.